The SMILES string of the molecule is CC(=O)NC(=O)NOCc1ccc(Cl)c(Cl)c1. The minimum Gasteiger partial charge on any atom is -0.277 e. The Labute approximate surface area is 108 Å². The molecule has 5 nitrogen and oxygen atoms in total. The van der Waals surface area contributed by atoms with Crippen LogP contribution in [-0.4, -0.2) is 11.9 Å². The average molecular weight is 277 g/mol. The second-order valence-electron chi connectivity index (χ2n) is 3.15. The van der Waals surface area contributed by atoms with Gasteiger partial charge in [0.05, 0.1) is 16.7 Å². The molecule has 7 heteroatoms. The van der Waals surface area contributed by atoms with Crippen molar-refractivity contribution in [3.8, 4) is 0 Å². The van der Waals surface area contributed by atoms with Crippen LogP contribution in [0.4, 0.5) is 4.79 Å². The zero-order chi connectivity index (χ0) is 12.8. The third kappa shape index (κ3) is 5.04. The van der Waals surface area contributed by atoms with Crippen molar-refractivity contribution in [1.29, 1.82) is 0 Å². The van der Waals surface area contributed by atoms with E-state index in [1.54, 1.807) is 18.2 Å². The Bertz CT molecular complexity index is 438. The molecule has 0 aliphatic carbocycles. The van der Waals surface area contributed by atoms with Crippen molar-refractivity contribution < 1.29 is 14.4 Å². The van der Waals surface area contributed by atoms with Gasteiger partial charge in [-0.1, -0.05) is 29.3 Å². The Balaban J connectivity index is 2.38. The largest absolute Gasteiger partial charge is 0.345 e. The minimum absolute atomic E-state index is 0.113. The lowest BCUT2D eigenvalue weighted by Gasteiger charge is -2.06. The summed E-state index contributed by atoms with van der Waals surface area (Å²) in [6.45, 7) is 1.33. The lowest BCUT2D eigenvalue weighted by molar-refractivity contribution is -0.118. The van der Waals surface area contributed by atoms with E-state index in [9.17, 15) is 9.59 Å². The van der Waals surface area contributed by atoms with Crippen molar-refractivity contribution in [1.82, 2.24) is 10.8 Å². The number of hydrogen-bond donors (Lipinski definition) is 2. The fraction of sp³-hybridized carbons (Fsp3) is 0.200. The average Bonchev–Trinajstić information content (AvgIpc) is 2.22. The van der Waals surface area contributed by atoms with Crippen molar-refractivity contribution in [2.24, 2.45) is 0 Å². The molecule has 0 spiro atoms. The van der Waals surface area contributed by atoms with Crippen LogP contribution < -0.4 is 10.8 Å². The number of amides is 3. The highest BCUT2D eigenvalue weighted by Crippen LogP contribution is 2.22. The molecule has 0 saturated carbocycles. The van der Waals surface area contributed by atoms with Gasteiger partial charge in [-0.05, 0) is 17.7 Å². The third-order valence-electron chi connectivity index (χ3n) is 1.68. The van der Waals surface area contributed by atoms with E-state index in [1.807, 2.05) is 10.8 Å². The monoisotopic (exact) mass is 276 g/mol. The fourth-order valence-corrected chi connectivity index (χ4v) is 1.32. The molecule has 0 aromatic heterocycles. The Morgan fingerprint density at radius 3 is 2.59 bits per heavy atom. The van der Waals surface area contributed by atoms with Crippen LogP contribution in [0, 0.1) is 0 Å². The molecule has 0 heterocycles. The zero-order valence-electron chi connectivity index (χ0n) is 8.92. The minimum atomic E-state index is -0.724. The lowest BCUT2D eigenvalue weighted by atomic mass is 10.2. The van der Waals surface area contributed by atoms with Crippen LogP contribution in [0.1, 0.15) is 12.5 Å². The predicted molar refractivity (Wildman–Crippen MR) is 63.6 cm³/mol. The molecule has 3 amide bonds. The summed E-state index contributed by atoms with van der Waals surface area (Å²) >= 11 is 11.5. The number of benzene rings is 1. The summed E-state index contributed by atoms with van der Waals surface area (Å²) in [6, 6.07) is 4.23. The van der Waals surface area contributed by atoms with Crippen molar-refractivity contribution in [2.75, 3.05) is 0 Å². The molecule has 92 valence electrons. The summed E-state index contributed by atoms with van der Waals surface area (Å²) in [5, 5.41) is 2.83. The van der Waals surface area contributed by atoms with E-state index >= 15 is 0 Å². The van der Waals surface area contributed by atoms with Gasteiger partial charge in [-0.25, -0.2) is 10.3 Å². The number of imide groups is 1. The second kappa shape index (κ2) is 6.44. The summed E-state index contributed by atoms with van der Waals surface area (Å²) in [7, 11) is 0. The summed E-state index contributed by atoms with van der Waals surface area (Å²) in [4.78, 5) is 26.3. The molecule has 0 aliphatic heterocycles. The van der Waals surface area contributed by atoms with Gasteiger partial charge in [-0.15, -0.1) is 0 Å². The number of halogens is 2. The predicted octanol–water partition coefficient (Wildman–Crippen LogP) is 2.27. The van der Waals surface area contributed by atoms with E-state index in [4.69, 9.17) is 28.0 Å². The number of hydrogen-bond acceptors (Lipinski definition) is 3. The Morgan fingerprint density at radius 2 is 2.00 bits per heavy atom. The van der Waals surface area contributed by atoms with Crippen LogP contribution in [-0.2, 0) is 16.2 Å². The molecule has 0 bridgehead atoms. The molecule has 0 unspecified atom stereocenters. The molecule has 1 rings (SSSR count). The van der Waals surface area contributed by atoms with Crippen LogP contribution in [0.3, 0.4) is 0 Å². The molecule has 0 atom stereocenters. The number of nitrogens with one attached hydrogen (secondary N) is 2. The third-order valence-corrected chi connectivity index (χ3v) is 2.42. The van der Waals surface area contributed by atoms with Gasteiger partial charge >= 0.3 is 6.03 Å². The molecular formula is C10H10Cl2N2O3. The van der Waals surface area contributed by atoms with E-state index in [2.05, 4.69) is 0 Å². The molecule has 0 aliphatic rings. The van der Waals surface area contributed by atoms with Crippen LogP contribution in [0.25, 0.3) is 0 Å². The maximum absolute atomic E-state index is 10.9. The standard InChI is InChI=1S/C10H10Cl2N2O3/c1-6(15)13-10(16)14-17-5-7-2-3-8(11)9(12)4-7/h2-4H,5H2,1H3,(H2,13,14,15,16). The normalized spacial score (nSPS) is 9.82. The zero-order valence-corrected chi connectivity index (χ0v) is 10.4. The van der Waals surface area contributed by atoms with E-state index in [1.165, 1.54) is 6.92 Å². The van der Waals surface area contributed by atoms with Gasteiger partial charge in [0.25, 0.3) is 0 Å². The van der Waals surface area contributed by atoms with Gasteiger partial charge in [-0.3, -0.25) is 14.9 Å². The molecule has 1 aromatic rings. The van der Waals surface area contributed by atoms with Crippen molar-refractivity contribution in [2.45, 2.75) is 13.5 Å². The van der Waals surface area contributed by atoms with Crippen LogP contribution in [0.2, 0.25) is 10.0 Å². The topological polar surface area (TPSA) is 67.4 Å². The summed E-state index contributed by atoms with van der Waals surface area (Å²) in [5.74, 6) is -0.472. The molecule has 0 fully saturated rings. The van der Waals surface area contributed by atoms with E-state index < -0.39 is 11.9 Å². The first-order chi connectivity index (χ1) is 7.99. The van der Waals surface area contributed by atoms with Gasteiger partial charge in [0.15, 0.2) is 0 Å². The molecule has 1 aromatic carbocycles. The highest BCUT2D eigenvalue weighted by Gasteiger charge is 2.03. The summed E-state index contributed by atoms with van der Waals surface area (Å²) in [5.41, 5.74) is 2.79. The van der Waals surface area contributed by atoms with Gasteiger partial charge < -0.3 is 0 Å². The molecule has 0 saturated heterocycles. The van der Waals surface area contributed by atoms with Gasteiger partial charge in [-0.2, -0.15) is 0 Å². The Hall–Kier alpha value is -1.30. The van der Waals surface area contributed by atoms with Crippen molar-refractivity contribution in [3.05, 3.63) is 33.8 Å². The Kier molecular flexibility index (Phi) is 5.21. The van der Waals surface area contributed by atoms with Crippen LogP contribution in [0.5, 0.6) is 0 Å². The fourth-order valence-electron chi connectivity index (χ4n) is 1.000. The summed E-state index contributed by atoms with van der Waals surface area (Å²) < 4.78 is 0. The molecular weight excluding hydrogens is 267 g/mol. The number of urea groups is 1. The van der Waals surface area contributed by atoms with Crippen molar-refractivity contribution in [3.63, 3.8) is 0 Å². The number of carbonyl (C=O) groups is 2. The highest BCUT2D eigenvalue weighted by molar-refractivity contribution is 6.42. The smallest absolute Gasteiger partial charge is 0.277 e. The first-order valence-electron chi connectivity index (χ1n) is 4.62. The second-order valence-corrected chi connectivity index (χ2v) is 3.96. The first-order valence-corrected chi connectivity index (χ1v) is 5.38. The Morgan fingerprint density at radius 1 is 1.29 bits per heavy atom. The number of carbonyl (C=O) groups excluding carboxylic acids is 2. The van der Waals surface area contributed by atoms with Crippen LogP contribution in [0.15, 0.2) is 18.2 Å². The number of hydroxylamine groups is 1. The molecule has 0 radical (unpaired) electrons. The maximum atomic E-state index is 10.9. The van der Waals surface area contributed by atoms with E-state index in [0.29, 0.717) is 10.0 Å². The van der Waals surface area contributed by atoms with Gasteiger partial charge in [0.1, 0.15) is 0 Å². The quantitative estimate of drug-likeness (QED) is 0.833. The van der Waals surface area contributed by atoms with E-state index in [0.717, 1.165) is 5.56 Å². The summed E-state index contributed by atoms with van der Waals surface area (Å²) in [6.07, 6.45) is 0. The number of rotatable bonds is 3. The first kappa shape index (κ1) is 13.8. The van der Waals surface area contributed by atoms with Crippen LogP contribution >= 0.6 is 23.2 Å². The highest BCUT2D eigenvalue weighted by atomic mass is 35.5. The molecule has 2 N–H and O–H groups in total. The van der Waals surface area contributed by atoms with Crippen molar-refractivity contribution >= 4 is 35.1 Å². The van der Waals surface area contributed by atoms with E-state index in [-0.39, 0.29) is 6.61 Å². The van der Waals surface area contributed by atoms with Gasteiger partial charge in [0.2, 0.25) is 5.91 Å². The lowest BCUT2D eigenvalue weighted by Crippen LogP contribution is -2.38. The molecule has 17 heavy (non-hydrogen) atoms. The van der Waals surface area contributed by atoms with Gasteiger partial charge in [0, 0.05) is 6.92 Å². The maximum Gasteiger partial charge on any atom is 0.345 e.